The Morgan fingerprint density at radius 1 is 0.960 bits per heavy atom. The second-order valence-electron chi connectivity index (χ2n) is 5.92. The van der Waals surface area contributed by atoms with E-state index in [2.05, 4.69) is 16.5 Å². The Labute approximate surface area is 155 Å². The van der Waals surface area contributed by atoms with Crippen LogP contribution in [0.2, 0.25) is 10.0 Å². The van der Waals surface area contributed by atoms with Gasteiger partial charge in [-0.2, -0.15) is 0 Å². The van der Waals surface area contributed by atoms with Crippen LogP contribution in [0, 0.1) is 0 Å². The van der Waals surface area contributed by atoms with E-state index in [9.17, 15) is 0 Å². The summed E-state index contributed by atoms with van der Waals surface area (Å²) in [5.41, 5.74) is 3.96. The van der Waals surface area contributed by atoms with Crippen molar-refractivity contribution in [1.29, 1.82) is 0 Å². The molecule has 0 aliphatic rings. The predicted molar refractivity (Wildman–Crippen MR) is 103 cm³/mol. The fourth-order valence-electron chi connectivity index (χ4n) is 2.90. The van der Waals surface area contributed by atoms with Crippen molar-refractivity contribution in [3.8, 4) is 11.4 Å². The SMILES string of the molecule is CCCCn1c(-c2ccc(Cl)cc2Cl)nc2nc3ccccc3nc21. The fourth-order valence-corrected chi connectivity index (χ4v) is 3.40. The van der Waals surface area contributed by atoms with Crippen LogP contribution in [0.3, 0.4) is 0 Å². The monoisotopic (exact) mass is 370 g/mol. The summed E-state index contributed by atoms with van der Waals surface area (Å²) < 4.78 is 2.10. The number of halogens is 2. The topological polar surface area (TPSA) is 43.6 Å². The minimum absolute atomic E-state index is 0.574. The van der Waals surface area contributed by atoms with Gasteiger partial charge >= 0.3 is 0 Å². The molecule has 4 nitrogen and oxygen atoms in total. The molecule has 4 rings (SSSR count). The van der Waals surface area contributed by atoms with E-state index in [1.807, 2.05) is 36.4 Å². The Morgan fingerprint density at radius 2 is 1.72 bits per heavy atom. The maximum Gasteiger partial charge on any atom is 0.198 e. The first-order valence-electron chi connectivity index (χ1n) is 8.26. The van der Waals surface area contributed by atoms with Gasteiger partial charge in [0.25, 0.3) is 0 Å². The fraction of sp³-hybridized carbons (Fsp3) is 0.211. The zero-order chi connectivity index (χ0) is 17.4. The van der Waals surface area contributed by atoms with Crippen LogP contribution in [0.15, 0.2) is 42.5 Å². The number of rotatable bonds is 4. The number of fused-ring (bicyclic) bond motifs is 2. The zero-order valence-corrected chi connectivity index (χ0v) is 15.2. The van der Waals surface area contributed by atoms with Crippen molar-refractivity contribution in [2.75, 3.05) is 0 Å². The van der Waals surface area contributed by atoms with E-state index in [1.54, 1.807) is 6.07 Å². The zero-order valence-electron chi connectivity index (χ0n) is 13.7. The molecule has 2 aromatic heterocycles. The van der Waals surface area contributed by atoms with E-state index in [0.717, 1.165) is 47.5 Å². The number of para-hydroxylation sites is 2. The highest BCUT2D eigenvalue weighted by Gasteiger charge is 2.17. The van der Waals surface area contributed by atoms with Crippen molar-refractivity contribution in [2.45, 2.75) is 26.3 Å². The van der Waals surface area contributed by atoms with E-state index in [-0.39, 0.29) is 0 Å². The Morgan fingerprint density at radius 3 is 2.44 bits per heavy atom. The molecule has 2 aromatic carbocycles. The molecule has 25 heavy (non-hydrogen) atoms. The van der Waals surface area contributed by atoms with Gasteiger partial charge in [0.15, 0.2) is 11.3 Å². The summed E-state index contributed by atoms with van der Waals surface area (Å²) in [6.45, 7) is 2.98. The minimum Gasteiger partial charge on any atom is -0.307 e. The quantitative estimate of drug-likeness (QED) is 0.459. The third kappa shape index (κ3) is 2.96. The third-order valence-corrected chi connectivity index (χ3v) is 4.71. The largest absolute Gasteiger partial charge is 0.307 e. The number of benzene rings is 2. The van der Waals surface area contributed by atoms with Crippen LogP contribution in [-0.2, 0) is 6.54 Å². The Bertz CT molecular complexity index is 1070. The van der Waals surface area contributed by atoms with Crippen LogP contribution in [0.25, 0.3) is 33.7 Å². The molecule has 0 N–H and O–H groups in total. The molecule has 6 heteroatoms. The molecule has 0 unspecified atom stereocenters. The van der Waals surface area contributed by atoms with Gasteiger partial charge in [0, 0.05) is 17.1 Å². The molecule has 0 aliphatic heterocycles. The Kier molecular flexibility index (Phi) is 4.32. The average molecular weight is 371 g/mol. The molecule has 0 aliphatic carbocycles. The third-order valence-electron chi connectivity index (χ3n) is 4.16. The number of unbranched alkanes of at least 4 members (excludes halogenated alkanes) is 1. The highest BCUT2D eigenvalue weighted by atomic mass is 35.5. The summed E-state index contributed by atoms with van der Waals surface area (Å²) >= 11 is 12.5. The lowest BCUT2D eigenvalue weighted by molar-refractivity contribution is 0.647. The standard InChI is InChI=1S/C19H16Cl2N4/c1-2-3-10-25-18(13-9-8-12(20)11-14(13)21)24-17-19(25)23-16-7-5-4-6-15(16)22-17/h4-9,11H,2-3,10H2,1H3. The van der Waals surface area contributed by atoms with Crippen LogP contribution >= 0.6 is 23.2 Å². The number of hydrogen-bond acceptors (Lipinski definition) is 3. The van der Waals surface area contributed by atoms with Gasteiger partial charge in [0.1, 0.15) is 5.82 Å². The summed E-state index contributed by atoms with van der Waals surface area (Å²) in [6.07, 6.45) is 2.10. The summed E-state index contributed by atoms with van der Waals surface area (Å²) in [5.74, 6) is 0.778. The van der Waals surface area contributed by atoms with Crippen molar-refractivity contribution in [1.82, 2.24) is 19.5 Å². The lowest BCUT2D eigenvalue weighted by Gasteiger charge is -2.09. The molecular weight excluding hydrogens is 355 g/mol. The Hall–Kier alpha value is -2.17. The van der Waals surface area contributed by atoms with E-state index in [1.165, 1.54) is 0 Å². The van der Waals surface area contributed by atoms with Crippen LogP contribution in [0.1, 0.15) is 19.8 Å². The molecule has 0 saturated carbocycles. The van der Waals surface area contributed by atoms with Crippen molar-refractivity contribution in [2.24, 2.45) is 0 Å². The number of imidazole rings is 1. The maximum atomic E-state index is 6.42. The summed E-state index contributed by atoms with van der Waals surface area (Å²) in [4.78, 5) is 14.2. The van der Waals surface area contributed by atoms with Gasteiger partial charge in [-0.1, -0.05) is 48.7 Å². The van der Waals surface area contributed by atoms with Gasteiger partial charge in [0.2, 0.25) is 0 Å². The number of aromatic nitrogens is 4. The molecule has 4 aromatic rings. The summed E-state index contributed by atoms with van der Waals surface area (Å²) in [7, 11) is 0. The second kappa shape index (κ2) is 6.62. The van der Waals surface area contributed by atoms with Crippen LogP contribution in [0.5, 0.6) is 0 Å². The van der Waals surface area contributed by atoms with Crippen LogP contribution < -0.4 is 0 Å². The van der Waals surface area contributed by atoms with E-state index in [0.29, 0.717) is 15.7 Å². The molecule has 0 amide bonds. The van der Waals surface area contributed by atoms with Gasteiger partial charge in [-0.05, 0) is 36.8 Å². The van der Waals surface area contributed by atoms with E-state index in [4.69, 9.17) is 33.2 Å². The smallest absolute Gasteiger partial charge is 0.198 e. The van der Waals surface area contributed by atoms with Crippen molar-refractivity contribution >= 4 is 45.5 Å². The maximum absolute atomic E-state index is 6.42. The molecule has 0 radical (unpaired) electrons. The number of aryl methyl sites for hydroxylation is 1. The lowest BCUT2D eigenvalue weighted by atomic mass is 10.2. The molecule has 0 fully saturated rings. The lowest BCUT2D eigenvalue weighted by Crippen LogP contribution is -2.02. The van der Waals surface area contributed by atoms with Gasteiger partial charge in [0.05, 0.1) is 16.1 Å². The second-order valence-corrected chi connectivity index (χ2v) is 6.77. The average Bonchev–Trinajstić information content (AvgIpc) is 2.95. The van der Waals surface area contributed by atoms with Crippen molar-refractivity contribution in [3.63, 3.8) is 0 Å². The molecule has 0 saturated heterocycles. The van der Waals surface area contributed by atoms with Gasteiger partial charge < -0.3 is 4.57 Å². The van der Waals surface area contributed by atoms with E-state index >= 15 is 0 Å². The van der Waals surface area contributed by atoms with Gasteiger partial charge in [-0.3, -0.25) is 0 Å². The molecule has 0 spiro atoms. The molecular formula is C19H16Cl2N4. The number of hydrogen-bond donors (Lipinski definition) is 0. The van der Waals surface area contributed by atoms with Gasteiger partial charge in [-0.25, -0.2) is 15.0 Å². The Balaban J connectivity index is 1.99. The first-order chi connectivity index (χ1) is 12.2. The molecule has 0 atom stereocenters. The van der Waals surface area contributed by atoms with Crippen molar-refractivity contribution in [3.05, 3.63) is 52.5 Å². The highest BCUT2D eigenvalue weighted by molar-refractivity contribution is 6.36. The first kappa shape index (κ1) is 16.3. The summed E-state index contributed by atoms with van der Waals surface area (Å²) in [5, 5.41) is 1.18. The molecule has 2 heterocycles. The predicted octanol–water partition coefficient (Wildman–Crippen LogP) is 5.75. The normalized spacial score (nSPS) is 11.5. The van der Waals surface area contributed by atoms with Gasteiger partial charge in [-0.15, -0.1) is 0 Å². The first-order valence-corrected chi connectivity index (χ1v) is 9.01. The number of nitrogens with zero attached hydrogens (tertiary/aromatic N) is 4. The summed E-state index contributed by atoms with van der Waals surface area (Å²) in [6, 6.07) is 13.3. The molecule has 126 valence electrons. The van der Waals surface area contributed by atoms with Crippen LogP contribution in [-0.4, -0.2) is 19.5 Å². The van der Waals surface area contributed by atoms with E-state index < -0.39 is 0 Å². The molecule has 0 bridgehead atoms. The minimum atomic E-state index is 0.574. The highest BCUT2D eigenvalue weighted by Crippen LogP contribution is 2.32. The van der Waals surface area contributed by atoms with Crippen LogP contribution in [0.4, 0.5) is 0 Å². The van der Waals surface area contributed by atoms with Crippen molar-refractivity contribution < 1.29 is 0 Å².